The smallest absolute Gasteiger partial charge is 0.115 e. The Labute approximate surface area is 134 Å². The van der Waals surface area contributed by atoms with E-state index in [4.69, 9.17) is 4.74 Å². The van der Waals surface area contributed by atoms with Crippen molar-refractivity contribution in [2.75, 3.05) is 18.5 Å². The zero-order valence-corrected chi connectivity index (χ0v) is 13.1. The van der Waals surface area contributed by atoms with Crippen molar-refractivity contribution in [1.29, 1.82) is 0 Å². The maximum atomic E-state index is 5.94. The van der Waals surface area contributed by atoms with Gasteiger partial charge in [0.15, 0.2) is 0 Å². The second-order valence-corrected chi connectivity index (χ2v) is 5.88. The molecule has 0 unspecified atom stereocenters. The van der Waals surface area contributed by atoms with E-state index in [1.54, 1.807) is 0 Å². The molecule has 1 aliphatic rings. The van der Waals surface area contributed by atoms with Gasteiger partial charge in [-0.1, -0.05) is 0 Å². The monoisotopic (exact) mass is 312 g/mol. The number of fused-ring (bicyclic) bond motifs is 1. The van der Waals surface area contributed by atoms with Gasteiger partial charge in [-0.15, -0.1) is 0 Å². The van der Waals surface area contributed by atoms with E-state index < -0.39 is 0 Å². The van der Waals surface area contributed by atoms with Crippen molar-refractivity contribution in [3.63, 3.8) is 0 Å². The number of hydrogen-bond donors (Lipinski definition) is 2. The maximum Gasteiger partial charge on any atom is 0.115 e. The summed E-state index contributed by atoms with van der Waals surface area (Å²) in [5.41, 5.74) is 3.98. The normalized spacial score (nSPS) is 21.1. The minimum absolute atomic E-state index is 0.124. The highest BCUT2D eigenvalue weighted by molar-refractivity contribution is 5.77. The molecule has 23 heavy (non-hydrogen) atoms. The average Bonchev–Trinajstić information content (AvgIpc) is 3.30. The molecule has 4 rings (SSSR count). The summed E-state index contributed by atoms with van der Waals surface area (Å²) in [6, 6.07) is 6.01. The molecule has 7 nitrogen and oxygen atoms in total. The van der Waals surface area contributed by atoms with Crippen molar-refractivity contribution >= 4 is 16.7 Å². The second kappa shape index (κ2) is 6.00. The average molecular weight is 312 g/mol. The molecule has 0 radical (unpaired) electrons. The van der Waals surface area contributed by atoms with Crippen molar-refractivity contribution in [3.05, 3.63) is 36.2 Å². The first-order valence-electron chi connectivity index (χ1n) is 8.02. The first kappa shape index (κ1) is 14.2. The highest BCUT2D eigenvalue weighted by atomic mass is 16.5. The third-order valence-electron chi connectivity index (χ3n) is 4.40. The van der Waals surface area contributed by atoms with Gasteiger partial charge in [0.1, 0.15) is 11.0 Å². The van der Waals surface area contributed by atoms with E-state index in [1.165, 1.54) is 5.56 Å². The van der Waals surface area contributed by atoms with E-state index in [0.29, 0.717) is 5.92 Å². The number of aromatic nitrogens is 5. The van der Waals surface area contributed by atoms with Crippen LogP contribution in [0.25, 0.3) is 11.0 Å². The predicted octanol–water partition coefficient (Wildman–Crippen LogP) is 2.36. The Kier molecular flexibility index (Phi) is 3.70. The number of H-pyrrole nitrogens is 1. The number of ether oxygens (including phenoxy) is 1. The summed E-state index contributed by atoms with van der Waals surface area (Å²) in [4.78, 5) is 0. The van der Waals surface area contributed by atoms with E-state index in [0.717, 1.165) is 42.8 Å². The Morgan fingerprint density at radius 3 is 3.13 bits per heavy atom. The number of benzene rings is 1. The zero-order chi connectivity index (χ0) is 15.6. The lowest BCUT2D eigenvalue weighted by Gasteiger charge is -2.18. The fourth-order valence-corrected chi connectivity index (χ4v) is 3.11. The summed E-state index contributed by atoms with van der Waals surface area (Å²) >= 11 is 0. The van der Waals surface area contributed by atoms with Crippen LogP contribution >= 0.6 is 0 Å². The molecule has 0 spiro atoms. The molecule has 3 aromatic rings. The second-order valence-electron chi connectivity index (χ2n) is 5.88. The van der Waals surface area contributed by atoms with Gasteiger partial charge in [-0.05, 0) is 31.5 Å². The predicted molar refractivity (Wildman–Crippen MR) is 87.1 cm³/mol. The molecule has 7 heteroatoms. The van der Waals surface area contributed by atoms with Gasteiger partial charge in [-0.3, -0.25) is 4.68 Å². The van der Waals surface area contributed by atoms with E-state index >= 15 is 0 Å². The standard InChI is InChI=1S/C16H20N6O/c1-2-22-10-12(9-18-22)16-11(5-6-23-16)8-17-13-3-4-14-15(7-13)20-21-19-14/h3-4,7,9-11,16-17H,2,5-6,8H2,1H3,(H,19,20,21)/t11-,16+/m1/s1. The SMILES string of the molecule is CCn1cc([C@H]2OCC[C@@H]2CNc2ccc3n[nH]nc3c2)cn1. The molecule has 3 heterocycles. The van der Waals surface area contributed by atoms with Crippen LogP contribution < -0.4 is 5.32 Å². The largest absolute Gasteiger partial charge is 0.385 e. The zero-order valence-electron chi connectivity index (χ0n) is 13.1. The first-order valence-corrected chi connectivity index (χ1v) is 8.02. The summed E-state index contributed by atoms with van der Waals surface area (Å²) < 4.78 is 7.88. The fourth-order valence-electron chi connectivity index (χ4n) is 3.11. The van der Waals surface area contributed by atoms with Gasteiger partial charge >= 0.3 is 0 Å². The number of aryl methyl sites for hydroxylation is 1. The highest BCUT2D eigenvalue weighted by Gasteiger charge is 2.30. The lowest BCUT2D eigenvalue weighted by Crippen LogP contribution is -2.17. The molecule has 1 fully saturated rings. The van der Waals surface area contributed by atoms with Crippen LogP contribution in [-0.2, 0) is 11.3 Å². The highest BCUT2D eigenvalue weighted by Crippen LogP contribution is 2.34. The van der Waals surface area contributed by atoms with E-state index in [1.807, 2.05) is 29.1 Å². The molecule has 0 saturated carbocycles. The number of anilines is 1. The molecular weight excluding hydrogens is 292 g/mol. The van der Waals surface area contributed by atoms with Crippen LogP contribution in [0.5, 0.6) is 0 Å². The van der Waals surface area contributed by atoms with Crippen LogP contribution in [0, 0.1) is 5.92 Å². The molecule has 1 aliphatic heterocycles. The topological polar surface area (TPSA) is 80.6 Å². The molecule has 0 amide bonds. The van der Waals surface area contributed by atoms with Gasteiger partial charge < -0.3 is 10.1 Å². The number of nitrogens with zero attached hydrogens (tertiary/aromatic N) is 4. The van der Waals surface area contributed by atoms with E-state index in [-0.39, 0.29) is 6.10 Å². The Hall–Kier alpha value is -2.41. The van der Waals surface area contributed by atoms with Gasteiger partial charge in [0.25, 0.3) is 0 Å². The molecule has 0 bridgehead atoms. The minimum atomic E-state index is 0.124. The molecule has 2 aromatic heterocycles. The van der Waals surface area contributed by atoms with Crippen molar-refractivity contribution in [2.45, 2.75) is 26.0 Å². The quantitative estimate of drug-likeness (QED) is 0.756. The molecule has 2 atom stereocenters. The Bertz CT molecular complexity index is 795. The Morgan fingerprint density at radius 2 is 2.26 bits per heavy atom. The number of aromatic amines is 1. The van der Waals surface area contributed by atoms with Gasteiger partial charge in [0.2, 0.25) is 0 Å². The van der Waals surface area contributed by atoms with Gasteiger partial charge in [-0.2, -0.15) is 20.5 Å². The number of hydrogen-bond acceptors (Lipinski definition) is 5. The van der Waals surface area contributed by atoms with Gasteiger partial charge in [0, 0.05) is 43.1 Å². The van der Waals surface area contributed by atoms with Crippen molar-refractivity contribution in [2.24, 2.45) is 5.92 Å². The van der Waals surface area contributed by atoms with Crippen molar-refractivity contribution < 1.29 is 4.74 Å². The lowest BCUT2D eigenvalue weighted by atomic mass is 9.97. The number of nitrogens with one attached hydrogen (secondary N) is 2. The summed E-state index contributed by atoms with van der Waals surface area (Å²) in [6.45, 7) is 4.64. The van der Waals surface area contributed by atoms with Gasteiger partial charge in [0.05, 0.1) is 12.3 Å². The Balaban J connectivity index is 1.44. The summed E-state index contributed by atoms with van der Waals surface area (Å²) in [7, 11) is 0. The van der Waals surface area contributed by atoms with Crippen LogP contribution in [0.1, 0.15) is 25.0 Å². The third-order valence-corrected chi connectivity index (χ3v) is 4.40. The maximum absolute atomic E-state index is 5.94. The van der Waals surface area contributed by atoms with Crippen LogP contribution in [0.4, 0.5) is 5.69 Å². The van der Waals surface area contributed by atoms with E-state index in [2.05, 4.69) is 38.9 Å². The van der Waals surface area contributed by atoms with E-state index in [9.17, 15) is 0 Å². The van der Waals surface area contributed by atoms with Crippen LogP contribution in [0.15, 0.2) is 30.6 Å². The molecule has 0 aliphatic carbocycles. The third kappa shape index (κ3) is 2.79. The van der Waals surface area contributed by atoms with Crippen LogP contribution in [0.2, 0.25) is 0 Å². The lowest BCUT2D eigenvalue weighted by molar-refractivity contribution is 0.0932. The summed E-state index contributed by atoms with van der Waals surface area (Å²) in [6.07, 6.45) is 5.19. The van der Waals surface area contributed by atoms with Gasteiger partial charge in [-0.25, -0.2) is 0 Å². The summed E-state index contributed by atoms with van der Waals surface area (Å²) in [5, 5.41) is 18.7. The van der Waals surface area contributed by atoms with Crippen LogP contribution in [-0.4, -0.2) is 38.3 Å². The summed E-state index contributed by atoms with van der Waals surface area (Å²) in [5.74, 6) is 0.442. The first-order chi connectivity index (χ1) is 11.3. The van der Waals surface area contributed by atoms with Crippen molar-refractivity contribution in [3.8, 4) is 0 Å². The minimum Gasteiger partial charge on any atom is -0.385 e. The van der Waals surface area contributed by atoms with Crippen LogP contribution in [0.3, 0.4) is 0 Å². The fraction of sp³-hybridized carbons (Fsp3) is 0.438. The molecule has 120 valence electrons. The molecule has 2 N–H and O–H groups in total. The number of rotatable bonds is 5. The Morgan fingerprint density at radius 1 is 1.35 bits per heavy atom. The molecule has 1 saturated heterocycles. The van der Waals surface area contributed by atoms with Crippen molar-refractivity contribution in [1.82, 2.24) is 25.2 Å². The molecule has 1 aromatic carbocycles. The molecular formula is C16H20N6O.